The molecule has 106 valence electrons. The average Bonchev–Trinajstić information content (AvgIpc) is 2.51. The van der Waals surface area contributed by atoms with Crippen molar-refractivity contribution in [1.82, 2.24) is 10.6 Å². The van der Waals surface area contributed by atoms with Crippen molar-refractivity contribution in [2.45, 2.75) is 18.8 Å². The van der Waals surface area contributed by atoms with Crippen LogP contribution in [0, 0.1) is 0 Å². The molecule has 0 aliphatic carbocycles. The number of amides is 2. The molecule has 2 aliphatic heterocycles. The van der Waals surface area contributed by atoms with Gasteiger partial charge in [0.25, 0.3) is 0 Å². The lowest BCUT2D eigenvalue weighted by Gasteiger charge is -2.28. The summed E-state index contributed by atoms with van der Waals surface area (Å²) < 4.78 is 0. The summed E-state index contributed by atoms with van der Waals surface area (Å²) in [7, 11) is 0. The number of hydrogen-bond donors (Lipinski definition) is 2. The summed E-state index contributed by atoms with van der Waals surface area (Å²) >= 11 is 0. The Morgan fingerprint density at radius 2 is 1.95 bits per heavy atom. The summed E-state index contributed by atoms with van der Waals surface area (Å²) in [6.07, 6.45) is 2.25. The Morgan fingerprint density at radius 3 is 2.75 bits per heavy atom. The van der Waals surface area contributed by atoms with Crippen molar-refractivity contribution in [2.24, 2.45) is 0 Å². The maximum Gasteiger partial charge on any atom is 0.246 e. The van der Waals surface area contributed by atoms with Gasteiger partial charge in [0.1, 0.15) is 6.54 Å². The maximum atomic E-state index is 11.9. The lowest BCUT2D eigenvalue weighted by Crippen LogP contribution is -2.51. The third kappa shape index (κ3) is 2.67. The van der Waals surface area contributed by atoms with Crippen LogP contribution in [0.2, 0.25) is 0 Å². The first-order valence-electron chi connectivity index (χ1n) is 7.12. The van der Waals surface area contributed by atoms with E-state index in [0.29, 0.717) is 5.92 Å². The number of benzene rings is 1. The monoisotopic (exact) mass is 273 g/mol. The molecule has 0 aromatic heterocycles. The molecule has 2 fully saturated rings. The van der Waals surface area contributed by atoms with Crippen LogP contribution in [-0.2, 0) is 9.59 Å². The molecule has 3 rings (SSSR count). The fourth-order valence-electron chi connectivity index (χ4n) is 2.89. The van der Waals surface area contributed by atoms with Gasteiger partial charge in [-0.05, 0) is 49.5 Å². The van der Waals surface area contributed by atoms with Crippen molar-refractivity contribution >= 4 is 17.5 Å². The maximum absolute atomic E-state index is 11.9. The van der Waals surface area contributed by atoms with E-state index >= 15 is 0 Å². The zero-order chi connectivity index (χ0) is 13.9. The van der Waals surface area contributed by atoms with E-state index in [0.717, 1.165) is 31.6 Å². The lowest BCUT2D eigenvalue weighted by molar-refractivity contribution is -0.128. The Hall–Kier alpha value is -1.88. The number of piperazine rings is 1. The molecule has 2 aliphatic rings. The highest BCUT2D eigenvalue weighted by molar-refractivity contribution is 6.04. The fourth-order valence-corrected chi connectivity index (χ4v) is 2.89. The topological polar surface area (TPSA) is 61.4 Å². The average molecular weight is 273 g/mol. The Kier molecular flexibility index (Phi) is 3.69. The number of carbonyl (C=O) groups excluding carboxylic acids is 2. The number of anilines is 1. The summed E-state index contributed by atoms with van der Waals surface area (Å²) in [6.45, 7) is 2.30. The first-order chi connectivity index (χ1) is 9.74. The number of rotatable bonds is 2. The highest BCUT2D eigenvalue weighted by atomic mass is 16.2. The van der Waals surface area contributed by atoms with Crippen molar-refractivity contribution in [1.29, 1.82) is 0 Å². The molecule has 2 heterocycles. The van der Waals surface area contributed by atoms with Crippen molar-refractivity contribution in [3.05, 3.63) is 29.8 Å². The Balaban J connectivity index is 1.82. The second-order valence-corrected chi connectivity index (χ2v) is 5.38. The molecule has 0 spiro atoms. The third-order valence-corrected chi connectivity index (χ3v) is 4.03. The number of nitrogens with one attached hydrogen (secondary N) is 2. The molecule has 0 radical (unpaired) electrons. The molecule has 1 aromatic rings. The van der Waals surface area contributed by atoms with Crippen molar-refractivity contribution in [3.8, 4) is 0 Å². The van der Waals surface area contributed by atoms with Crippen LogP contribution in [0.3, 0.4) is 0 Å². The molecule has 0 unspecified atom stereocenters. The van der Waals surface area contributed by atoms with Crippen LogP contribution in [0.5, 0.6) is 0 Å². The summed E-state index contributed by atoms with van der Waals surface area (Å²) in [4.78, 5) is 25.0. The van der Waals surface area contributed by atoms with Gasteiger partial charge in [-0.25, -0.2) is 0 Å². The van der Waals surface area contributed by atoms with Gasteiger partial charge in [-0.3, -0.25) is 9.59 Å². The molecule has 0 atom stereocenters. The smallest absolute Gasteiger partial charge is 0.246 e. The first-order valence-corrected chi connectivity index (χ1v) is 7.12. The largest absolute Gasteiger partial charge is 0.345 e. The van der Waals surface area contributed by atoms with Crippen LogP contribution >= 0.6 is 0 Å². The zero-order valence-corrected chi connectivity index (χ0v) is 11.4. The predicted octanol–water partition coefficient (Wildman–Crippen LogP) is 0.616. The van der Waals surface area contributed by atoms with E-state index in [2.05, 4.69) is 22.8 Å². The minimum absolute atomic E-state index is 0.0490. The first kappa shape index (κ1) is 13.1. The van der Waals surface area contributed by atoms with Gasteiger partial charge >= 0.3 is 0 Å². The molecule has 0 saturated carbocycles. The van der Waals surface area contributed by atoms with E-state index in [9.17, 15) is 9.59 Å². The van der Waals surface area contributed by atoms with E-state index in [1.807, 2.05) is 12.1 Å². The molecule has 2 amide bonds. The van der Waals surface area contributed by atoms with E-state index in [1.54, 1.807) is 4.90 Å². The minimum atomic E-state index is -0.100. The van der Waals surface area contributed by atoms with Crippen molar-refractivity contribution < 1.29 is 9.59 Å². The highest BCUT2D eigenvalue weighted by Gasteiger charge is 2.25. The van der Waals surface area contributed by atoms with Crippen LogP contribution in [0.4, 0.5) is 5.69 Å². The summed E-state index contributed by atoms with van der Waals surface area (Å²) in [5, 5.41) is 5.93. The molecule has 5 nitrogen and oxygen atoms in total. The van der Waals surface area contributed by atoms with E-state index in [1.165, 1.54) is 5.56 Å². The van der Waals surface area contributed by atoms with Gasteiger partial charge < -0.3 is 15.5 Å². The molecule has 0 bridgehead atoms. The molecule has 20 heavy (non-hydrogen) atoms. The quantitative estimate of drug-likeness (QED) is 0.830. The lowest BCUT2D eigenvalue weighted by atomic mass is 9.90. The van der Waals surface area contributed by atoms with E-state index in [-0.39, 0.29) is 24.9 Å². The Bertz CT molecular complexity index is 524. The van der Waals surface area contributed by atoms with Crippen molar-refractivity contribution in [2.75, 3.05) is 31.1 Å². The van der Waals surface area contributed by atoms with Gasteiger partial charge in [-0.15, -0.1) is 0 Å². The van der Waals surface area contributed by atoms with Crippen LogP contribution in [-0.4, -0.2) is 38.0 Å². The van der Waals surface area contributed by atoms with Gasteiger partial charge in [0.05, 0.1) is 6.54 Å². The van der Waals surface area contributed by atoms with Gasteiger partial charge in [0.15, 0.2) is 0 Å². The van der Waals surface area contributed by atoms with Gasteiger partial charge in [0.2, 0.25) is 11.8 Å². The second-order valence-electron chi connectivity index (χ2n) is 5.38. The van der Waals surface area contributed by atoms with Crippen LogP contribution in [0.1, 0.15) is 24.3 Å². The van der Waals surface area contributed by atoms with Gasteiger partial charge in [0, 0.05) is 5.69 Å². The number of nitrogens with zero attached hydrogens (tertiary/aromatic N) is 1. The fraction of sp³-hybridized carbons (Fsp3) is 0.467. The second kappa shape index (κ2) is 5.63. The number of piperidine rings is 1. The minimum Gasteiger partial charge on any atom is -0.345 e. The number of carbonyl (C=O) groups is 2. The van der Waals surface area contributed by atoms with Gasteiger partial charge in [-0.2, -0.15) is 0 Å². The van der Waals surface area contributed by atoms with Gasteiger partial charge in [-0.1, -0.05) is 12.1 Å². The Labute approximate surface area is 118 Å². The summed E-state index contributed by atoms with van der Waals surface area (Å²) in [6, 6.07) is 8.06. The van der Waals surface area contributed by atoms with Crippen molar-refractivity contribution in [3.63, 3.8) is 0 Å². The molecule has 2 saturated heterocycles. The third-order valence-electron chi connectivity index (χ3n) is 4.03. The molecular weight excluding hydrogens is 254 g/mol. The van der Waals surface area contributed by atoms with Crippen LogP contribution in [0.15, 0.2) is 24.3 Å². The molecule has 5 heteroatoms. The Morgan fingerprint density at radius 1 is 1.15 bits per heavy atom. The standard InChI is InChI=1S/C15H19N3O2/c19-14-10-18(15(20)9-17-14)13-3-1-2-12(8-13)11-4-6-16-7-5-11/h1-3,8,11,16H,4-7,9-10H2,(H,17,19). The summed E-state index contributed by atoms with van der Waals surface area (Å²) in [5.74, 6) is 0.397. The van der Waals surface area contributed by atoms with Crippen LogP contribution in [0.25, 0.3) is 0 Å². The SMILES string of the molecule is O=C1CN(c2cccc(C3CCNCC3)c2)C(=O)CN1. The van der Waals surface area contributed by atoms with E-state index < -0.39 is 0 Å². The highest BCUT2D eigenvalue weighted by Crippen LogP contribution is 2.28. The molecular formula is C15H19N3O2. The van der Waals surface area contributed by atoms with Crippen LogP contribution < -0.4 is 15.5 Å². The normalized spacial score (nSPS) is 20.9. The predicted molar refractivity (Wildman–Crippen MR) is 76.6 cm³/mol. The molecule has 2 N–H and O–H groups in total. The molecule has 1 aromatic carbocycles. The number of hydrogen-bond acceptors (Lipinski definition) is 3. The summed E-state index contributed by atoms with van der Waals surface area (Å²) in [5.41, 5.74) is 2.10. The zero-order valence-electron chi connectivity index (χ0n) is 11.4. The van der Waals surface area contributed by atoms with E-state index in [4.69, 9.17) is 0 Å².